The van der Waals surface area contributed by atoms with E-state index in [1.54, 1.807) is 11.8 Å². The molecule has 0 aliphatic carbocycles. The minimum atomic E-state index is -0.286. The van der Waals surface area contributed by atoms with Crippen molar-refractivity contribution >= 4 is 28.5 Å². The molecule has 0 saturated carbocycles. The minimum Gasteiger partial charge on any atom is -0.324 e. The molecule has 3 aromatic carbocycles. The number of thioether (sulfide) groups is 1. The first kappa shape index (κ1) is 17.6. The number of carbonyl (C=O) groups is 1. The fourth-order valence-corrected chi connectivity index (χ4v) is 4.63. The number of rotatable bonds is 3. The predicted molar refractivity (Wildman–Crippen MR) is 113 cm³/mol. The van der Waals surface area contributed by atoms with E-state index in [4.69, 9.17) is 0 Å². The lowest BCUT2D eigenvalue weighted by atomic mass is 9.90. The molecule has 3 nitrogen and oxygen atoms in total. The molecule has 4 rings (SSSR count). The smallest absolute Gasteiger partial charge is 0.257 e. The maximum Gasteiger partial charge on any atom is 0.257 e. The zero-order valence-electron chi connectivity index (χ0n) is 15.0. The molecule has 1 aliphatic heterocycles. The van der Waals surface area contributed by atoms with E-state index in [1.165, 1.54) is 0 Å². The largest absolute Gasteiger partial charge is 0.324 e. The minimum absolute atomic E-state index is 0.0141. The van der Waals surface area contributed by atoms with Crippen LogP contribution in [0.15, 0.2) is 96.0 Å². The lowest BCUT2D eigenvalue weighted by Gasteiger charge is -2.32. The Morgan fingerprint density at radius 1 is 0.778 bits per heavy atom. The summed E-state index contributed by atoms with van der Waals surface area (Å²) in [6, 6.07) is 30.2. The quantitative estimate of drug-likeness (QED) is 0.627. The van der Waals surface area contributed by atoms with Crippen LogP contribution in [0.1, 0.15) is 22.3 Å². The summed E-state index contributed by atoms with van der Waals surface area (Å²) in [6.45, 7) is 0. The summed E-state index contributed by atoms with van der Waals surface area (Å²) in [6.07, 6.45) is 0. The monoisotopic (exact) mass is 372 g/mol. The number of amides is 1. The molecular weight excluding hydrogens is 352 g/mol. The van der Waals surface area contributed by atoms with Crippen molar-refractivity contribution in [2.75, 3.05) is 11.9 Å². The maximum atomic E-state index is 13.1. The van der Waals surface area contributed by atoms with Crippen molar-refractivity contribution in [3.05, 3.63) is 102 Å². The van der Waals surface area contributed by atoms with Gasteiger partial charge in [0.25, 0.3) is 5.91 Å². The van der Waals surface area contributed by atoms with Crippen molar-refractivity contribution in [1.82, 2.24) is 0 Å². The molecule has 27 heavy (non-hydrogen) atoms. The van der Waals surface area contributed by atoms with Crippen molar-refractivity contribution in [3.63, 3.8) is 0 Å². The van der Waals surface area contributed by atoms with Crippen molar-refractivity contribution in [1.29, 1.82) is 0 Å². The highest BCUT2D eigenvalue weighted by Gasteiger charge is 2.37. The molecule has 0 bridgehead atoms. The Bertz CT molecular complexity index is 942. The third-order valence-corrected chi connectivity index (χ3v) is 6.10. The number of carbonyl (C=O) groups excluding carboxylic acids is 1. The number of hydrogen-bond donors (Lipinski definition) is 0. The van der Waals surface area contributed by atoms with Gasteiger partial charge in [0.2, 0.25) is 0 Å². The number of anilines is 1. The average Bonchev–Trinajstić information content (AvgIpc) is 2.74. The van der Waals surface area contributed by atoms with E-state index in [0.717, 1.165) is 22.0 Å². The summed E-state index contributed by atoms with van der Waals surface area (Å²) in [7, 11) is 1.96. The van der Waals surface area contributed by atoms with Gasteiger partial charge in [0, 0.05) is 12.7 Å². The highest BCUT2D eigenvalue weighted by molar-refractivity contribution is 8.14. The van der Waals surface area contributed by atoms with Crippen molar-refractivity contribution in [2.45, 2.75) is 11.2 Å². The fourth-order valence-electron chi connectivity index (χ4n) is 3.30. The molecule has 0 aromatic heterocycles. The van der Waals surface area contributed by atoms with Crippen LogP contribution in [0.2, 0.25) is 0 Å². The van der Waals surface area contributed by atoms with Gasteiger partial charge >= 0.3 is 0 Å². The van der Waals surface area contributed by atoms with Crippen molar-refractivity contribution in [2.24, 2.45) is 4.99 Å². The van der Waals surface area contributed by atoms with Crippen LogP contribution in [0.5, 0.6) is 0 Å². The Balaban J connectivity index is 1.75. The van der Waals surface area contributed by atoms with E-state index in [2.05, 4.69) is 17.1 Å². The van der Waals surface area contributed by atoms with E-state index >= 15 is 0 Å². The molecule has 1 amide bonds. The molecule has 0 saturated heterocycles. The Labute approximate surface area is 163 Å². The summed E-state index contributed by atoms with van der Waals surface area (Å²) in [5, 5.41) is 0.715. The lowest BCUT2D eigenvalue weighted by molar-refractivity contribution is -0.119. The predicted octanol–water partition coefficient (Wildman–Crippen LogP) is 5.28. The summed E-state index contributed by atoms with van der Waals surface area (Å²) >= 11 is 1.65. The summed E-state index contributed by atoms with van der Waals surface area (Å²) in [5.74, 6) is -0.377. The van der Waals surface area contributed by atoms with Crippen LogP contribution in [0, 0.1) is 0 Å². The molecule has 0 unspecified atom stereocenters. The van der Waals surface area contributed by atoms with Crippen molar-refractivity contribution in [3.8, 4) is 0 Å². The van der Waals surface area contributed by atoms with Gasteiger partial charge in [0.1, 0.15) is 0 Å². The third kappa shape index (κ3) is 3.67. The number of aliphatic imine (C=N–C) groups is 1. The Morgan fingerprint density at radius 2 is 1.30 bits per heavy atom. The number of benzene rings is 3. The molecule has 1 heterocycles. The third-order valence-electron chi connectivity index (χ3n) is 4.72. The first-order valence-corrected chi connectivity index (χ1v) is 9.80. The van der Waals surface area contributed by atoms with Gasteiger partial charge in [-0.2, -0.15) is 4.99 Å². The molecular formula is C23H20N2OS. The normalized spacial score (nSPS) is 19.4. The Kier molecular flexibility index (Phi) is 5.07. The number of hydrogen-bond acceptors (Lipinski definition) is 3. The van der Waals surface area contributed by atoms with Crippen LogP contribution < -0.4 is 4.90 Å². The number of amidine groups is 1. The second-order valence-electron chi connectivity index (χ2n) is 6.46. The van der Waals surface area contributed by atoms with Gasteiger partial charge in [-0.15, -0.1) is 0 Å². The zero-order valence-corrected chi connectivity index (χ0v) is 15.8. The van der Waals surface area contributed by atoms with Crippen LogP contribution >= 0.6 is 11.8 Å². The zero-order chi connectivity index (χ0) is 18.6. The van der Waals surface area contributed by atoms with Gasteiger partial charge in [0.15, 0.2) is 5.17 Å². The van der Waals surface area contributed by atoms with Gasteiger partial charge in [0.05, 0.1) is 11.2 Å². The molecule has 0 fully saturated rings. The highest BCUT2D eigenvalue weighted by Crippen LogP contribution is 2.46. The molecule has 0 spiro atoms. The molecule has 0 radical (unpaired) electrons. The lowest BCUT2D eigenvalue weighted by Crippen LogP contribution is -2.32. The van der Waals surface area contributed by atoms with Crippen LogP contribution in [-0.2, 0) is 4.79 Å². The Morgan fingerprint density at radius 3 is 1.89 bits per heavy atom. The van der Waals surface area contributed by atoms with E-state index in [0.29, 0.717) is 0 Å². The first-order chi connectivity index (χ1) is 13.2. The number of para-hydroxylation sites is 1. The van der Waals surface area contributed by atoms with Crippen LogP contribution in [0.4, 0.5) is 5.69 Å². The standard InChI is InChI=1S/C23H20N2OS/c1-25(19-15-9-4-10-16-19)23-24-22(26)20(17-11-5-2-6-12-17)21(27-23)18-13-7-3-8-14-18/h2-16,20-21H,1H3/t20-,21-/m1/s1. The summed E-state index contributed by atoms with van der Waals surface area (Å²) in [4.78, 5) is 19.5. The van der Waals surface area contributed by atoms with Gasteiger partial charge in [-0.05, 0) is 23.3 Å². The molecule has 1 aliphatic rings. The van der Waals surface area contributed by atoms with E-state index in [9.17, 15) is 4.79 Å². The van der Waals surface area contributed by atoms with Gasteiger partial charge in [-0.25, -0.2) is 0 Å². The maximum absolute atomic E-state index is 13.1. The molecule has 3 aromatic rings. The van der Waals surface area contributed by atoms with Gasteiger partial charge < -0.3 is 4.90 Å². The van der Waals surface area contributed by atoms with E-state index < -0.39 is 0 Å². The SMILES string of the molecule is CN(C1=NC(=O)[C@H](c2ccccc2)[C@@H](c2ccccc2)S1)c1ccccc1. The Hall–Kier alpha value is -2.85. The van der Waals surface area contributed by atoms with Gasteiger partial charge in [-0.1, -0.05) is 90.6 Å². The second-order valence-corrected chi connectivity index (χ2v) is 7.57. The first-order valence-electron chi connectivity index (χ1n) is 8.92. The van der Waals surface area contributed by atoms with E-state index in [-0.39, 0.29) is 17.1 Å². The average molecular weight is 372 g/mol. The fraction of sp³-hybridized carbons (Fsp3) is 0.130. The van der Waals surface area contributed by atoms with Crippen LogP contribution in [0.3, 0.4) is 0 Å². The van der Waals surface area contributed by atoms with Crippen molar-refractivity contribution < 1.29 is 4.79 Å². The topological polar surface area (TPSA) is 32.7 Å². The molecule has 4 heteroatoms. The second kappa shape index (κ2) is 7.80. The summed E-state index contributed by atoms with van der Waals surface area (Å²) in [5.41, 5.74) is 3.16. The molecule has 0 N–H and O–H groups in total. The molecule has 2 atom stereocenters. The highest BCUT2D eigenvalue weighted by atomic mass is 32.2. The van der Waals surface area contributed by atoms with Gasteiger partial charge in [-0.3, -0.25) is 4.79 Å². The van der Waals surface area contributed by atoms with Crippen LogP contribution in [-0.4, -0.2) is 18.1 Å². The number of nitrogens with zero attached hydrogens (tertiary/aromatic N) is 2. The van der Waals surface area contributed by atoms with Crippen LogP contribution in [0.25, 0.3) is 0 Å². The summed E-state index contributed by atoms with van der Waals surface area (Å²) < 4.78 is 0. The molecule has 134 valence electrons. The van der Waals surface area contributed by atoms with E-state index in [1.807, 2.05) is 90.8 Å².